The fourth-order valence-corrected chi connectivity index (χ4v) is 2.08. The van der Waals surface area contributed by atoms with E-state index in [-0.39, 0.29) is 5.56 Å². The number of aromatic carboxylic acids is 1. The molecule has 4 heteroatoms. The maximum atomic E-state index is 11.2. The number of hydrogen-bond acceptors (Lipinski definition) is 3. The van der Waals surface area contributed by atoms with Crippen LogP contribution in [0.4, 0.5) is 0 Å². The van der Waals surface area contributed by atoms with Crippen molar-refractivity contribution in [1.82, 2.24) is 0 Å². The predicted octanol–water partition coefficient (Wildman–Crippen LogP) is 3.32. The average molecular weight is 286 g/mol. The molecule has 0 aromatic heterocycles. The van der Waals surface area contributed by atoms with Gasteiger partial charge in [-0.1, -0.05) is 24.3 Å². The zero-order valence-corrected chi connectivity index (χ0v) is 12.1. The summed E-state index contributed by atoms with van der Waals surface area (Å²) >= 11 is 0. The standard InChI is InChI=1S/C17H18O4/c1-12-4-3-5-15(17(18)19)16(12)21-11-10-13-6-8-14(20-2)9-7-13/h3-9H,10-11H2,1-2H3,(H,18,19). The SMILES string of the molecule is COc1ccc(CCOc2c(C)cccc2C(=O)O)cc1. The van der Waals surface area contributed by atoms with Crippen molar-refractivity contribution < 1.29 is 19.4 Å². The molecule has 0 aliphatic rings. The lowest BCUT2D eigenvalue weighted by Crippen LogP contribution is -2.07. The maximum absolute atomic E-state index is 11.2. The Morgan fingerprint density at radius 3 is 2.48 bits per heavy atom. The minimum atomic E-state index is -0.974. The first kappa shape index (κ1) is 14.9. The molecule has 0 amide bonds. The van der Waals surface area contributed by atoms with E-state index in [4.69, 9.17) is 9.47 Å². The minimum absolute atomic E-state index is 0.199. The van der Waals surface area contributed by atoms with E-state index in [1.807, 2.05) is 37.3 Å². The van der Waals surface area contributed by atoms with Crippen LogP contribution in [0, 0.1) is 6.92 Å². The molecule has 0 heterocycles. The van der Waals surface area contributed by atoms with Crippen molar-refractivity contribution in [2.45, 2.75) is 13.3 Å². The Morgan fingerprint density at radius 1 is 1.14 bits per heavy atom. The lowest BCUT2D eigenvalue weighted by Gasteiger charge is -2.12. The molecule has 21 heavy (non-hydrogen) atoms. The number of aryl methyl sites for hydroxylation is 1. The lowest BCUT2D eigenvalue weighted by atomic mass is 10.1. The van der Waals surface area contributed by atoms with E-state index in [1.165, 1.54) is 0 Å². The van der Waals surface area contributed by atoms with Gasteiger partial charge in [0.15, 0.2) is 0 Å². The van der Waals surface area contributed by atoms with Gasteiger partial charge in [0.25, 0.3) is 0 Å². The highest BCUT2D eigenvalue weighted by Gasteiger charge is 2.13. The lowest BCUT2D eigenvalue weighted by molar-refractivity contribution is 0.0692. The first-order valence-corrected chi connectivity index (χ1v) is 6.70. The summed E-state index contributed by atoms with van der Waals surface area (Å²) in [5.74, 6) is 0.281. The van der Waals surface area contributed by atoms with Crippen molar-refractivity contribution in [3.63, 3.8) is 0 Å². The van der Waals surface area contributed by atoms with E-state index in [1.54, 1.807) is 19.2 Å². The molecule has 0 aliphatic heterocycles. The van der Waals surface area contributed by atoms with E-state index in [9.17, 15) is 9.90 Å². The number of carboxylic acid groups (broad SMARTS) is 1. The molecule has 4 nitrogen and oxygen atoms in total. The molecule has 110 valence electrons. The maximum Gasteiger partial charge on any atom is 0.339 e. The molecule has 0 fully saturated rings. The van der Waals surface area contributed by atoms with Gasteiger partial charge >= 0.3 is 5.97 Å². The van der Waals surface area contributed by atoms with E-state index < -0.39 is 5.97 Å². The molecule has 2 aromatic carbocycles. The first-order chi connectivity index (χ1) is 10.1. The van der Waals surface area contributed by atoms with Gasteiger partial charge in [-0.25, -0.2) is 4.79 Å². The molecule has 0 aliphatic carbocycles. The van der Waals surface area contributed by atoms with Gasteiger partial charge in [0, 0.05) is 6.42 Å². The van der Waals surface area contributed by atoms with Crippen LogP contribution in [-0.4, -0.2) is 24.8 Å². The van der Waals surface area contributed by atoms with Gasteiger partial charge < -0.3 is 14.6 Å². The Bertz CT molecular complexity index is 617. The molecule has 2 aromatic rings. The average Bonchev–Trinajstić information content (AvgIpc) is 2.49. The van der Waals surface area contributed by atoms with Gasteiger partial charge in [-0.05, 0) is 36.2 Å². The number of hydrogen-bond donors (Lipinski definition) is 1. The van der Waals surface area contributed by atoms with Crippen molar-refractivity contribution in [2.24, 2.45) is 0 Å². The molecule has 0 atom stereocenters. The Morgan fingerprint density at radius 2 is 1.86 bits per heavy atom. The van der Waals surface area contributed by atoms with Crippen LogP contribution in [0.5, 0.6) is 11.5 Å². The summed E-state index contributed by atoms with van der Waals surface area (Å²) in [7, 11) is 1.63. The van der Waals surface area contributed by atoms with Crippen molar-refractivity contribution in [3.8, 4) is 11.5 Å². The van der Waals surface area contributed by atoms with Crippen LogP contribution >= 0.6 is 0 Å². The molecule has 0 radical (unpaired) electrons. The summed E-state index contributed by atoms with van der Waals surface area (Å²) in [6.45, 7) is 2.27. The number of methoxy groups -OCH3 is 1. The number of rotatable bonds is 6. The highest BCUT2D eigenvalue weighted by Crippen LogP contribution is 2.23. The Balaban J connectivity index is 2.01. The van der Waals surface area contributed by atoms with Crippen molar-refractivity contribution in [2.75, 3.05) is 13.7 Å². The summed E-state index contributed by atoms with van der Waals surface area (Å²) in [6.07, 6.45) is 0.706. The number of ether oxygens (including phenoxy) is 2. The summed E-state index contributed by atoms with van der Waals surface area (Å²) < 4.78 is 10.8. The fourth-order valence-electron chi connectivity index (χ4n) is 2.08. The van der Waals surface area contributed by atoms with Crippen LogP contribution in [0.15, 0.2) is 42.5 Å². The van der Waals surface area contributed by atoms with Crippen molar-refractivity contribution in [1.29, 1.82) is 0 Å². The predicted molar refractivity (Wildman–Crippen MR) is 80.3 cm³/mol. The summed E-state index contributed by atoms with van der Waals surface area (Å²) in [6, 6.07) is 12.8. The van der Waals surface area contributed by atoms with Crippen molar-refractivity contribution in [3.05, 3.63) is 59.2 Å². The summed E-state index contributed by atoms with van der Waals surface area (Å²) in [5, 5.41) is 9.17. The second kappa shape index (κ2) is 6.79. The van der Waals surface area contributed by atoms with Crippen LogP contribution in [0.1, 0.15) is 21.5 Å². The second-order valence-electron chi connectivity index (χ2n) is 4.70. The number of carbonyl (C=O) groups is 1. The van der Waals surface area contributed by atoms with Crippen LogP contribution in [0.2, 0.25) is 0 Å². The van der Waals surface area contributed by atoms with Gasteiger partial charge in [0.2, 0.25) is 0 Å². The minimum Gasteiger partial charge on any atom is -0.497 e. The van der Waals surface area contributed by atoms with Gasteiger partial charge in [-0.15, -0.1) is 0 Å². The Hall–Kier alpha value is -2.49. The van der Waals surface area contributed by atoms with Crippen LogP contribution < -0.4 is 9.47 Å². The van der Waals surface area contributed by atoms with Gasteiger partial charge in [-0.2, -0.15) is 0 Å². The number of benzene rings is 2. The van der Waals surface area contributed by atoms with E-state index in [0.717, 1.165) is 16.9 Å². The fraction of sp³-hybridized carbons (Fsp3) is 0.235. The van der Waals surface area contributed by atoms with Crippen LogP contribution in [0.25, 0.3) is 0 Å². The van der Waals surface area contributed by atoms with Crippen LogP contribution in [0.3, 0.4) is 0 Å². The quantitative estimate of drug-likeness (QED) is 0.885. The number of para-hydroxylation sites is 1. The largest absolute Gasteiger partial charge is 0.497 e. The summed E-state index contributed by atoms with van der Waals surface area (Å²) in [4.78, 5) is 11.2. The van der Waals surface area contributed by atoms with Gasteiger partial charge in [-0.3, -0.25) is 0 Å². The molecule has 1 N–H and O–H groups in total. The van der Waals surface area contributed by atoms with Crippen molar-refractivity contribution >= 4 is 5.97 Å². The Kier molecular flexibility index (Phi) is 4.82. The third-order valence-electron chi connectivity index (χ3n) is 3.24. The first-order valence-electron chi connectivity index (χ1n) is 6.70. The molecular formula is C17H18O4. The van der Waals surface area contributed by atoms with E-state index in [2.05, 4.69) is 0 Å². The normalized spacial score (nSPS) is 10.2. The molecule has 0 saturated heterocycles. The molecule has 0 unspecified atom stereocenters. The summed E-state index contributed by atoms with van der Waals surface area (Å²) in [5.41, 5.74) is 2.13. The highest BCUT2D eigenvalue weighted by atomic mass is 16.5. The molecular weight excluding hydrogens is 268 g/mol. The molecule has 0 spiro atoms. The molecule has 0 bridgehead atoms. The molecule has 0 saturated carbocycles. The van der Waals surface area contributed by atoms with E-state index >= 15 is 0 Å². The zero-order valence-electron chi connectivity index (χ0n) is 12.1. The third kappa shape index (κ3) is 3.75. The molecule has 2 rings (SSSR count). The monoisotopic (exact) mass is 286 g/mol. The third-order valence-corrected chi connectivity index (χ3v) is 3.24. The van der Waals surface area contributed by atoms with Gasteiger partial charge in [0.1, 0.15) is 17.1 Å². The second-order valence-corrected chi connectivity index (χ2v) is 4.70. The number of carboxylic acids is 1. The zero-order chi connectivity index (χ0) is 15.2. The van der Waals surface area contributed by atoms with Crippen LogP contribution in [-0.2, 0) is 6.42 Å². The van der Waals surface area contributed by atoms with Gasteiger partial charge in [0.05, 0.1) is 13.7 Å². The highest BCUT2D eigenvalue weighted by molar-refractivity contribution is 5.91. The topological polar surface area (TPSA) is 55.8 Å². The smallest absolute Gasteiger partial charge is 0.339 e. The Labute approximate surface area is 123 Å². The van der Waals surface area contributed by atoms with E-state index in [0.29, 0.717) is 18.8 Å².